The molecular weight excluding hydrogens is 428 g/mol. The average molecular weight is 473 g/mol. The molecule has 4 heteroatoms. The van der Waals surface area contributed by atoms with Gasteiger partial charge in [0.1, 0.15) is 5.75 Å². The van der Waals surface area contributed by atoms with Crippen LogP contribution in [0.2, 0.25) is 6.04 Å². The molecule has 0 saturated carbocycles. The number of hydrogen-bond acceptors (Lipinski definition) is 3. The Balaban J connectivity index is 2.09. The summed E-state index contributed by atoms with van der Waals surface area (Å²) >= 11 is 4.46. The Morgan fingerprint density at radius 1 is 0.875 bits per heavy atom. The van der Waals surface area contributed by atoms with Crippen LogP contribution in [-0.4, -0.2) is 15.9 Å². The molecule has 0 aliphatic rings. The van der Waals surface area contributed by atoms with Gasteiger partial charge in [-0.3, -0.25) is 0 Å². The third-order valence-corrected chi connectivity index (χ3v) is 8.06. The van der Waals surface area contributed by atoms with E-state index >= 15 is 0 Å². The molecule has 2 rings (SSSR count). The predicted molar refractivity (Wildman–Crippen MR) is 144 cm³/mol. The molecule has 2 nitrogen and oxygen atoms in total. The highest BCUT2D eigenvalue weighted by molar-refractivity contribution is 7.80. The minimum Gasteiger partial charge on any atom is -0.522 e. The summed E-state index contributed by atoms with van der Waals surface area (Å²) < 4.78 is 13.0. The number of benzene rings is 2. The van der Waals surface area contributed by atoms with Crippen molar-refractivity contribution in [2.45, 2.75) is 102 Å². The summed E-state index contributed by atoms with van der Waals surface area (Å²) in [6, 6.07) is 16.3. The van der Waals surface area contributed by atoms with Crippen molar-refractivity contribution in [3.8, 4) is 5.75 Å². The molecule has 0 spiro atoms. The van der Waals surface area contributed by atoms with Crippen LogP contribution in [0.4, 0.5) is 0 Å². The first-order valence-corrected chi connectivity index (χ1v) is 14.4. The maximum atomic E-state index is 6.66. The van der Waals surface area contributed by atoms with Crippen molar-refractivity contribution in [3.63, 3.8) is 0 Å². The first-order chi connectivity index (χ1) is 15.0. The first kappa shape index (κ1) is 27.0. The Bertz CT molecular complexity index is 836. The minimum absolute atomic E-state index is 0.0246. The smallest absolute Gasteiger partial charge is 0.382 e. The van der Waals surface area contributed by atoms with E-state index in [1.807, 2.05) is 6.07 Å². The molecule has 2 aromatic rings. The van der Waals surface area contributed by atoms with Crippen LogP contribution in [0.3, 0.4) is 0 Å². The van der Waals surface area contributed by atoms with Gasteiger partial charge in [-0.15, -0.1) is 12.6 Å². The molecule has 0 fully saturated rings. The van der Waals surface area contributed by atoms with Crippen molar-refractivity contribution in [2.24, 2.45) is 0 Å². The van der Waals surface area contributed by atoms with Gasteiger partial charge >= 0.3 is 9.28 Å². The maximum Gasteiger partial charge on any atom is 0.382 e. The van der Waals surface area contributed by atoms with Crippen molar-refractivity contribution >= 4 is 21.9 Å². The zero-order valence-electron chi connectivity index (χ0n) is 21.3. The summed E-state index contributed by atoms with van der Waals surface area (Å²) in [7, 11) is -1.80. The van der Waals surface area contributed by atoms with Gasteiger partial charge in [-0.25, -0.2) is 0 Å². The lowest BCUT2D eigenvalue weighted by atomic mass is 9.80. The fourth-order valence-corrected chi connectivity index (χ4v) is 5.86. The van der Waals surface area contributed by atoms with E-state index in [-0.39, 0.29) is 10.8 Å². The second-order valence-corrected chi connectivity index (χ2v) is 13.4. The predicted octanol–water partition coefficient (Wildman–Crippen LogP) is 8.01. The third kappa shape index (κ3) is 8.96. The summed E-state index contributed by atoms with van der Waals surface area (Å²) in [5, 5.41) is 0. The summed E-state index contributed by atoms with van der Waals surface area (Å²) in [4.78, 5) is 1.04. The SMILES string of the molecule is CCCCO[SiH](CCCCc1cccc(S)c1)Oc1ccc(C(C)(C)C)cc1C(C)(C)C. The van der Waals surface area contributed by atoms with E-state index in [1.54, 1.807) is 0 Å². The molecule has 0 saturated heterocycles. The number of aryl methyl sites for hydroxylation is 1. The van der Waals surface area contributed by atoms with Crippen LogP contribution in [0.15, 0.2) is 47.4 Å². The Kier molecular flexibility index (Phi) is 10.4. The molecular formula is C28H44O2SSi. The van der Waals surface area contributed by atoms with E-state index < -0.39 is 9.28 Å². The summed E-state index contributed by atoms with van der Waals surface area (Å²) in [6.45, 7) is 16.6. The van der Waals surface area contributed by atoms with Crippen LogP contribution in [-0.2, 0) is 21.7 Å². The van der Waals surface area contributed by atoms with Crippen molar-refractivity contribution in [2.75, 3.05) is 6.61 Å². The molecule has 0 radical (unpaired) electrons. The second kappa shape index (κ2) is 12.3. The molecule has 0 aromatic heterocycles. The van der Waals surface area contributed by atoms with Crippen molar-refractivity contribution in [1.29, 1.82) is 0 Å². The summed E-state index contributed by atoms with van der Waals surface area (Å²) in [5.74, 6) is 1.02. The Hall–Kier alpha value is -1.23. The number of hydrogen-bond donors (Lipinski definition) is 1. The molecule has 2 aromatic carbocycles. The summed E-state index contributed by atoms with van der Waals surface area (Å²) in [5.41, 5.74) is 4.14. The molecule has 32 heavy (non-hydrogen) atoms. The zero-order valence-corrected chi connectivity index (χ0v) is 23.4. The monoisotopic (exact) mass is 472 g/mol. The molecule has 1 unspecified atom stereocenters. The topological polar surface area (TPSA) is 18.5 Å². The van der Waals surface area contributed by atoms with Gasteiger partial charge in [0, 0.05) is 11.5 Å². The van der Waals surface area contributed by atoms with Gasteiger partial charge in [-0.05, 0) is 71.0 Å². The van der Waals surface area contributed by atoms with Gasteiger partial charge in [0.05, 0.1) is 0 Å². The van der Waals surface area contributed by atoms with Crippen molar-refractivity contribution in [3.05, 3.63) is 59.2 Å². The Labute approximate surface area is 204 Å². The van der Waals surface area contributed by atoms with E-state index in [4.69, 9.17) is 8.85 Å². The van der Waals surface area contributed by atoms with E-state index in [9.17, 15) is 0 Å². The van der Waals surface area contributed by atoms with Crippen LogP contribution in [0, 0.1) is 0 Å². The van der Waals surface area contributed by atoms with Gasteiger partial charge in [0.2, 0.25) is 0 Å². The van der Waals surface area contributed by atoms with E-state index in [1.165, 1.54) is 16.7 Å². The lowest BCUT2D eigenvalue weighted by Crippen LogP contribution is -2.28. The molecule has 0 heterocycles. The van der Waals surface area contributed by atoms with Gasteiger partial charge < -0.3 is 8.85 Å². The highest BCUT2D eigenvalue weighted by Crippen LogP contribution is 2.36. The van der Waals surface area contributed by atoms with Crippen LogP contribution in [0.25, 0.3) is 0 Å². The zero-order chi connectivity index (χ0) is 23.8. The van der Waals surface area contributed by atoms with Gasteiger partial charge in [-0.1, -0.05) is 85.6 Å². The minimum atomic E-state index is -1.80. The molecule has 0 aliphatic carbocycles. The van der Waals surface area contributed by atoms with Crippen LogP contribution >= 0.6 is 12.6 Å². The number of rotatable bonds is 11. The van der Waals surface area contributed by atoms with Gasteiger partial charge in [-0.2, -0.15) is 0 Å². The lowest BCUT2D eigenvalue weighted by Gasteiger charge is -2.29. The highest BCUT2D eigenvalue weighted by atomic mass is 32.1. The van der Waals surface area contributed by atoms with Gasteiger partial charge in [0.15, 0.2) is 0 Å². The molecule has 178 valence electrons. The molecule has 1 atom stereocenters. The van der Waals surface area contributed by atoms with Gasteiger partial charge in [0.25, 0.3) is 0 Å². The largest absolute Gasteiger partial charge is 0.522 e. The van der Waals surface area contributed by atoms with Crippen LogP contribution in [0.5, 0.6) is 5.75 Å². The number of thiol groups is 1. The number of unbranched alkanes of at least 4 members (excludes halogenated alkanes) is 2. The van der Waals surface area contributed by atoms with E-state index in [2.05, 4.69) is 97.5 Å². The molecule has 0 aliphatic heterocycles. The average Bonchev–Trinajstić information content (AvgIpc) is 2.70. The fraction of sp³-hybridized carbons (Fsp3) is 0.571. The summed E-state index contributed by atoms with van der Waals surface area (Å²) in [6.07, 6.45) is 5.60. The Morgan fingerprint density at radius 2 is 1.62 bits per heavy atom. The Morgan fingerprint density at radius 3 is 2.25 bits per heavy atom. The van der Waals surface area contributed by atoms with Crippen LogP contribution < -0.4 is 4.43 Å². The first-order valence-electron chi connectivity index (χ1n) is 12.2. The molecule has 0 amide bonds. The molecule has 0 bridgehead atoms. The van der Waals surface area contributed by atoms with E-state index in [0.29, 0.717) is 0 Å². The highest BCUT2D eigenvalue weighted by Gasteiger charge is 2.25. The third-order valence-electron chi connectivity index (χ3n) is 5.78. The fourth-order valence-electron chi connectivity index (χ4n) is 3.71. The standard InChI is InChI=1S/C28H44O2SSi/c1-8-9-18-29-32(19-11-10-13-22-14-12-15-24(31)20-22)30-26-17-16-23(27(2,3)4)21-25(26)28(5,6)7/h12,14-17,20-21,31-32H,8-11,13,18-19H2,1-7H3. The van der Waals surface area contributed by atoms with Crippen molar-refractivity contribution in [1.82, 2.24) is 0 Å². The molecule has 0 N–H and O–H groups in total. The van der Waals surface area contributed by atoms with Crippen LogP contribution in [0.1, 0.15) is 90.8 Å². The second-order valence-electron chi connectivity index (χ2n) is 10.9. The normalized spacial score (nSPS) is 13.2. The quantitative estimate of drug-likeness (QED) is 0.203. The lowest BCUT2D eigenvalue weighted by molar-refractivity contribution is 0.256. The maximum absolute atomic E-state index is 6.66. The van der Waals surface area contributed by atoms with E-state index in [0.717, 1.165) is 55.4 Å². The van der Waals surface area contributed by atoms with Crippen molar-refractivity contribution < 1.29 is 8.85 Å².